The second-order valence-corrected chi connectivity index (χ2v) is 3.96. The van der Waals surface area contributed by atoms with E-state index < -0.39 is 0 Å². The van der Waals surface area contributed by atoms with Crippen LogP contribution in [-0.2, 0) is 0 Å². The summed E-state index contributed by atoms with van der Waals surface area (Å²) in [6, 6.07) is 5.27. The van der Waals surface area contributed by atoms with E-state index in [1.165, 1.54) is 6.07 Å². The zero-order valence-corrected chi connectivity index (χ0v) is 9.44. The van der Waals surface area contributed by atoms with Gasteiger partial charge in [0.05, 0.1) is 0 Å². The topological polar surface area (TPSA) is 0 Å². The zero-order chi connectivity index (χ0) is 10.6. The second kappa shape index (κ2) is 5.35. The van der Waals surface area contributed by atoms with Gasteiger partial charge in [0.25, 0.3) is 0 Å². The molecule has 2 heteroatoms. The summed E-state index contributed by atoms with van der Waals surface area (Å²) < 4.78 is 13.0. The highest BCUT2D eigenvalue weighted by Gasteiger charge is 2.10. The highest BCUT2D eigenvalue weighted by Crippen LogP contribution is 2.24. The molecule has 0 heterocycles. The Morgan fingerprint density at radius 2 is 2.14 bits per heavy atom. The SMILES string of the molecule is CCCC(CCl)c1ccc(F)c(C)c1. The third-order valence-corrected chi connectivity index (χ3v) is 2.85. The Morgan fingerprint density at radius 3 is 2.64 bits per heavy atom. The number of rotatable bonds is 4. The van der Waals surface area contributed by atoms with Crippen molar-refractivity contribution in [1.29, 1.82) is 0 Å². The fourth-order valence-corrected chi connectivity index (χ4v) is 1.94. The highest BCUT2D eigenvalue weighted by atomic mass is 35.5. The molecule has 1 rings (SSSR count). The fourth-order valence-electron chi connectivity index (χ4n) is 1.60. The van der Waals surface area contributed by atoms with Crippen LogP contribution in [0.5, 0.6) is 0 Å². The van der Waals surface area contributed by atoms with Crippen molar-refractivity contribution < 1.29 is 4.39 Å². The minimum atomic E-state index is -0.140. The minimum Gasteiger partial charge on any atom is -0.207 e. The van der Waals surface area contributed by atoms with Crippen LogP contribution in [0.3, 0.4) is 0 Å². The minimum absolute atomic E-state index is 0.140. The predicted molar refractivity (Wildman–Crippen MR) is 59.5 cm³/mol. The van der Waals surface area contributed by atoms with Crippen LogP contribution in [-0.4, -0.2) is 5.88 Å². The van der Waals surface area contributed by atoms with Gasteiger partial charge in [-0.25, -0.2) is 4.39 Å². The summed E-state index contributed by atoms with van der Waals surface area (Å²) in [5, 5.41) is 0. The van der Waals surface area contributed by atoms with Gasteiger partial charge in [-0.3, -0.25) is 0 Å². The van der Waals surface area contributed by atoms with Gasteiger partial charge in [0.15, 0.2) is 0 Å². The Labute approximate surface area is 90.1 Å². The van der Waals surface area contributed by atoms with Crippen LogP contribution in [0.25, 0.3) is 0 Å². The van der Waals surface area contributed by atoms with Crippen molar-refractivity contribution in [3.63, 3.8) is 0 Å². The maximum absolute atomic E-state index is 13.0. The number of hydrogen-bond donors (Lipinski definition) is 0. The third-order valence-electron chi connectivity index (χ3n) is 2.48. The molecule has 14 heavy (non-hydrogen) atoms. The Morgan fingerprint density at radius 1 is 1.43 bits per heavy atom. The van der Waals surface area contributed by atoms with Crippen LogP contribution in [0, 0.1) is 12.7 Å². The second-order valence-electron chi connectivity index (χ2n) is 3.65. The molecule has 0 radical (unpaired) electrons. The van der Waals surface area contributed by atoms with Crippen LogP contribution in [0.2, 0.25) is 0 Å². The lowest BCUT2D eigenvalue weighted by Gasteiger charge is -2.13. The summed E-state index contributed by atoms with van der Waals surface area (Å²) in [4.78, 5) is 0. The molecule has 0 fully saturated rings. The molecule has 0 N–H and O–H groups in total. The molecule has 0 nitrogen and oxygen atoms in total. The highest BCUT2D eigenvalue weighted by molar-refractivity contribution is 6.18. The summed E-state index contributed by atoms with van der Waals surface area (Å²) in [5.74, 6) is 0.832. The molecule has 0 saturated heterocycles. The van der Waals surface area contributed by atoms with Crippen molar-refractivity contribution >= 4 is 11.6 Å². The molecule has 0 bridgehead atoms. The lowest BCUT2D eigenvalue weighted by Crippen LogP contribution is -2.01. The van der Waals surface area contributed by atoms with Crippen LogP contribution in [0.1, 0.15) is 36.8 Å². The maximum atomic E-state index is 13.0. The molecular formula is C12H16ClF. The van der Waals surface area contributed by atoms with E-state index in [1.807, 2.05) is 12.1 Å². The van der Waals surface area contributed by atoms with E-state index in [0.717, 1.165) is 18.4 Å². The largest absolute Gasteiger partial charge is 0.207 e. The lowest BCUT2D eigenvalue weighted by atomic mass is 9.95. The quantitative estimate of drug-likeness (QED) is 0.658. The van der Waals surface area contributed by atoms with Gasteiger partial charge in [-0.1, -0.05) is 25.5 Å². The molecule has 0 aliphatic carbocycles. The molecule has 78 valence electrons. The number of halogens is 2. The predicted octanol–water partition coefficient (Wildman–Crippen LogP) is 4.26. The number of alkyl halides is 1. The summed E-state index contributed by atoms with van der Waals surface area (Å²) in [5.41, 5.74) is 1.86. The van der Waals surface area contributed by atoms with E-state index in [0.29, 0.717) is 17.4 Å². The molecule has 0 saturated carbocycles. The number of hydrogen-bond acceptors (Lipinski definition) is 0. The standard InChI is InChI=1S/C12H16ClF/c1-3-4-11(8-13)10-5-6-12(14)9(2)7-10/h5-7,11H,3-4,8H2,1-2H3. The van der Waals surface area contributed by atoms with Crippen molar-refractivity contribution in [3.05, 3.63) is 35.1 Å². The first-order valence-corrected chi connectivity index (χ1v) is 5.54. The smallest absolute Gasteiger partial charge is 0.126 e. The fraction of sp³-hybridized carbons (Fsp3) is 0.500. The molecule has 0 aliphatic rings. The van der Waals surface area contributed by atoms with Gasteiger partial charge in [-0.2, -0.15) is 0 Å². The van der Waals surface area contributed by atoms with Gasteiger partial charge in [0.2, 0.25) is 0 Å². The third kappa shape index (κ3) is 2.71. The van der Waals surface area contributed by atoms with Crippen LogP contribution < -0.4 is 0 Å². The molecule has 1 unspecified atom stereocenters. The first kappa shape index (κ1) is 11.5. The van der Waals surface area contributed by atoms with Gasteiger partial charge >= 0.3 is 0 Å². The summed E-state index contributed by atoms with van der Waals surface area (Å²) >= 11 is 5.88. The average Bonchev–Trinajstić information content (AvgIpc) is 2.19. The van der Waals surface area contributed by atoms with E-state index in [9.17, 15) is 4.39 Å². The normalized spacial score (nSPS) is 12.9. The van der Waals surface area contributed by atoms with E-state index in [1.54, 1.807) is 6.92 Å². The van der Waals surface area contributed by atoms with E-state index in [-0.39, 0.29) is 5.82 Å². The monoisotopic (exact) mass is 214 g/mol. The van der Waals surface area contributed by atoms with Crippen molar-refractivity contribution in [2.24, 2.45) is 0 Å². The van der Waals surface area contributed by atoms with Gasteiger partial charge in [-0.05, 0) is 36.5 Å². The lowest BCUT2D eigenvalue weighted by molar-refractivity contribution is 0.613. The summed E-state index contributed by atoms with van der Waals surface area (Å²) in [6.45, 7) is 3.92. The Balaban J connectivity index is 2.88. The Kier molecular flexibility index (Phi) is 4.40. The number of benzene rings is 1. The summed E-state index contributed by atoms with van der Waals surface area (Å²) in [6.07, 6.45) is 2.17. The maximum Gasteiger partial charge on any atom is 0.126 e. The van der Waals surface area contributed by atoms with Crippen molar-refractivity contribution in [3.8, 4) is 0 Å². The Hall–Kier alpha value is -0.560. The molecule has 1 atom stereocenters. The van der Waals surface area contributed by atoms with Gasteiger partial charge < -0.3 is 0 Å². The van der Waals surface area contributed by atoms with E-state index in [4.69, 9.17) is 11.6 Å². The van der Waals surface area contributed by atoms with Crippen LogP contribution in [0.15, 0.2) is 18.2 Å². The zero-order valence-electron chi connectivity index (χ0n) is 8.69. The summed E-state index contributed by atoms with van der Waals surface area (Å²) in [7, 11) is 0. The van der Waals surface area contributed by atoms with Crippen LogP contribution in [0.4, 0.5) is 4.39 Å². The van der Waals surface area contributed by atoms with Gasteiger partial charge in [0.1, 0.15) is 5.82 Å². The number of aryl methyl sites for hydroxylation is 1. The van der Waals surface area contributed by atoms with E-state index >= 15 is 0 Å². The Bertz CT molecular complexity index is 296. The molecule has 1 aromatic carbocycles. The van der Waals surface area contributed by atoms with Gasteiger partial charge in [0, 0.05) is 5.88 Å². The van der Waals surface area contributed by atoms with Crippen molar-refractivity contribution in [1.82, 2.24) is 0 Å². The molecule has 0 aromatic heterocycles. The molecular weight excluding hydrogens is 199 g/mol. The van der Waals surface area contributed by atoms with Crippen molar-refractivity contribution in [2.45, 2.75) is 32.6 Å². The molecule has 1 aromatic rings. The van der Waals surface area contributed by atoms with Crippen LogP contribution >= 0.6 is 11.6 Å². The first-order chi connectivity index (χ1) is 6.69. The molecule has 0 spiro atoms. The molecule has 0 amide bonds. The average molecular weight is 215 g/mol. The van der Waals surface area contributed by atoms with E-state index in [2.05, 4.69) is 6.92 Å². The first-order valence-electron chi connectivity index (χ1n) is 5.01. The molecule has 0 aliphatic heterocycles. The van der Waals surface area contributed by atoms with Gasteiger partial charge in [-0.15, -0.1) is 11.6 Å². The van der Waals surface area contributed by atoms with Crippen molar-refractivity contribution in [2.75, 3.05) is 5.88 Å².